The van der Waals surface area contributed by atoms with E-state index in [0.29, 0.717) is 0 Å². The second-order valence-electron chi connectivity index (χ2n) is 2.57. The average Bonchev–Trinajstić information content (AvgIpc) is 2.17. The molecule has 2 aromatic carbocycles. The van der Waals surface area contributed by atoms with Crippen molar-refractivity contribution in [3.05, 3.63) is 42.5 Å². The molecule has 0 saturated heterocycles. The summed E-state index contributed by atoms with van der Waals surface area (Å²) in [5.74, 6) is 0.802. The lowest BCUT2D eigenvalue weighted by Crippen LogP contribution is -1.77. The number of hydrogen-bond donors (Lipinski definition) is 1. The summed E-state index contributed by atoms with van der Waals surface area (Å²) in [5, 5.41) is 2.26. The van der Waals surface area contributed by atoms with Gasteiger partial charge in [0, 0.05) is 18.3 Å². The maximum absolute atomic E-state index is 4.92. The second-order valence-corrected chi connectivity index (χ2v) is 2.75. The summed E-state index contributed by atoms with van der Waals surface area (Å²) < 4.78 is 4.92. The third kappa shape index (κ3) is 1.14. The standard InChI is InChI=1S/C10H8OS/c12-11-10-7-3-5-8-4-1-2-6-9(8)10/h1-7,12H. The van der Waals surface area contributed by atoms with E-state index in [0.717, 1.165) is 11.1 Å². The van der Waals surface area contributed by atoms with Crippen LogP contribution in [0, 0.1) is 0 Å². The van der Waals surface area contributed by atoms with Gasteiger partial charge in [0.2, 0.25) is 0 Å². The van der Waals surface area contributed by atoms with Crippen LogP contribution in [-0.2, 0) is 0 Å². The van der Waals surface area contributed by atoms with E-state index in [9.17, 15) is 0 Å². The Morgan fingerprint density at radius 1 is 0.917 bits per heavy atom. The van der Waals surface area contributed by atoms with Crippen molar-refractivity contribution >= 4 is 23.7 Å². The van der Waals surface area contributed by atoms with Crippen LogP contribution in [0.4, 0.5) is 0 Å². The molecule has 0 aliphatic carbocycles. The first-order valence-electron chi connectivity index (χ1n) is 3.71. The number of benzene rings is 2. The molecule has 0 spiro atoms. The van der Waals surface area contributed by atoms with Crippen LogP contribution in [0.3, 0.4) is 0 Å². The zero-order valence-electron chi connectivity index (χ0n) is 6.40. The SMILES string of the molecule is SOc1cccc2ccccc12. The first-order chi connectivity index (χ1) is 5.92. The fraction of sp³-hybridized carbons (Fsp3) is 0. The lowest BCUT2D eigenvalue weighted by Gasteiger charge is -2.01. The normalized spacial score (nSPS) is 10.1. The van der Waals surface area contributed by atoms with Gasteiger partial charge in [-0.3, -0.25) is 0 Å². The Hall–Kier alpha value is -1.15. The molecule has 2 rings (SSSR count). The van der Waals surface area contributed by atoms with E-state index in [4.69, 9.17) is 4.18 Å². The fourth-order valence-electron chi connectivity index (χ4n) is 1.28. The van der Waals surface area contributed by atoms with Crippen molar-refractivity contribution in [1.82, 2.24) is 0 Å². The Bertz CT molecular complexity index is 392. The highest BCUT2D eigenvalue weighted by Crippen LogP contribution is 2.25. The van der Waals surface area contributed by atoms with Gasteiger partial charge in [0.05, 0.1) is 0 Å². The van der Waals surface area contributed by atoms with Gasteiger partial charge in [-0.1, -0.05) is 36.4 Å². The quantitative estimate of drug-likeness (QED) is 0.519. The maximum atomic E-state index is 4.92. The molecule has 0 heterocycles. The summed E-state index contributed by atoms with van der Waals surface area (Å²) in [6.45, 7) is 0. The van der Waals surface area contributed by atoms with E-state index in [1.807, 2.05) is 42.5 Å². The van der Waals surface area contributed by atoms with Crippen molar-refractivity contribution in [2.75, 3.05) is 0 Å². The van der Waals surface area contributed by atoms with E-state index >= 15 is 0 Å². The first-order valence-corrected chi connectivity index (χ1v) is 4.07. The predicted octanol–water partition coefficient (Wildman–Crippen LogP) is 3.06. The Labute approximate surface area is 76.6 Å². The Balaban J connectivity index is 2.79. The Morgan fingerprint density at radius 2 is 1.67 bits per heavy atom. The highest BCUT2D eigenvalue weighted by Gasteiger charge is 1.97. The molecule has 0 bridgehead atoms. The van der Waals surface area contributed by atoms with Gasteiger partial charge in [-0.25, -0.2) is 0 Å². The molecule has 60 valence electrons. The Morgan fingerprint density at radius 3 is 2.50 bits per heavy atom. The third-order valence-corrected chi connectivity index (χ3v) is 2.04. The number of rotatable bonds is 1. The van der Waals surface area contributed by atoms with Crippen LogP contribution in [0.5, 0.6) is 5.75 Å². The predicted molar refractivity (Wildman–Crippen MR) is 53.6 cm³/mol. The molecule has 12 heavy (non-hydrogen) atoms. The molecule has 0 aromatic heterocycles. The van der Waals surface area contributed by atoms with E-state index in [1.54, 1.807) is 0 Å². The molecule has 0 N–H and O–H groups in total. The molecule has 0 fully saturated rings. The first kappa shape index (κ1) is 7.50. The molecular weight excluding hydrogens is 168 g/mol. The molecule has 0 atom stereocenters. The molecule has 0 radical (unpaired) electrons. The monoisotopic (exact) mass is 176 g/mol. The van der Waals surface area contributed by atoms with Crippen LogP contribution in [0.2, 0.25) is 0 Å². The van der Waals surface area contributed by atoms with Gasteiger partial charge in [0.1, 0.15) is 5.75 Å². The number of fused-ring (bicyclic) bond motifs is 1. The zero-order chi connectivity index (χ0) is 8.39. The summed E-state index contributed by atoms with van der Waals surface area (Å²) in [6.07, 6.45) is 0. The van der Waals surface area contributed by atoms with Crippen molar-refractivity contribution in [2.45, 2.75) is 0 Å². The summed E-state index contributed by atoms with van der Waals surface area (Å²) in [7, 11) is 0. The molecule has 1 nitrogen and oxygen atoms in total. The van der Waals surface area contributed by atoms with E-state index in [1.165, 1.54) is 5.39 Å². The minimum absolute atomic E-state index is 0.802. The van der Waals surface area contributed by atoms with E-state index < -0.39 is 0 Å². The highest BCUT2D eigenvalue weighted by molar-refractivity contribution is 7.75. The second kappa shape index (κ2) is 3.07. The van der Waals surface area contributed by atoms with Gasteiger partial charge >= 0.3 is 0 Å². The van der Waals surface area contributed by atoms with Gasteiger partial charge in [0.25, 0.3) is 0 Å². The molecular formula is C10H8OS. The average molecular weight is 176 g/mol. The van der Waals surface area contributed by atoms with E-state index in [-0.39, 0.29) is 0 Å². The molecule has 0 amide bonds. The number of hydrogen-bond acceptors (Lipinski definition) is 2. The smallest absolute Gasteiger partial charge is 0.144 e. The molecule has 2 aromatic rings. The summed E-state index contributed by atoms with van der Waals surface area (Å²) in [6, 6.07) is 13.9. The van der Waals surface area contributed by atoms with Gasteiger partial charge in [-0.15, -0.1) is 0 Å². The molecule has 2 heteroatoms. The van der Waals surface area contributed by atoms with Crippen LogP contribution in [0.15, 0.2) is 42.5 Å². The molecule has 0 aliphatic rings. The zero-order valence-corrected chi connectivity index (χ0v) is 7.29. The van der Waals surface area contributed by atoms with Gasteiger partial charge < -0.3 is 4.18 Å². The van der Waals surface area contributed by atoms with Gasteiger partial charge in [0.15, 0.2) is 0 Å². The Kier molecular flexibility index (Phi) is 1.92. The topological polar surface area (TPSA) is 9.23 Å². The van der Waals surface area contributed by atoms with Crippen LogP contribution in [-0.4, -0.2) is 0 Å². The van der Waals surface area contributed by atoms with Crippen molar-refractivity contribution in [3.63, 3.8) is 0 Å². The maximum Gasteiger partial charge on any atom is 0.144 e. The van der Waals surface area contributed by atoms with Crippen LogP contribution >= 0.6 is 12.9 Å². The summed E-state index contributed by atoms with van der Waals surface area (Å²) >= 11 is 3.79. The van der Waals surface area contributed by atoms with Crippen molar-refractivity contribution in [2.24, 2.45) is 0 Å². The summed E-state index contributed by atoms with van der Waals surface area (Å²) in [4.78, 5) is 0. The van der Waals surface area contributed by atoms with E-state index in [2.05, 4.69) is 12.9 Å². The fourth-order valence-corrected chi connectivity index (χ4v) is 1.43. The van der Waals surface area contributed by atoms with Gasteiger partial charge in [-0.05, 0) is 11.5 Å². The van der Waals surface area contributed by atoms with Crippen LogP contribution < -0.4 is 4.18 Å². The summed E-state index contributed by atoms with van der Waals surface area (Å²) in [5.41, 5.74) is 0. The van der Waals surface area contributed by atoms with Crippen molar-refractivity contribution < 1.29 is 4.18 Å². The lowest BCUT2D eigenvalue weighted by molar-refractivity contribution is 0.667. The minimum Gasteiger partial charge on any atom is -0.428 e. The molecule has 0 aliphatic heterocycles. The number of thiol groups is 1. The molecule has 0 saturated carbocycles. The van der Waals surface area contributed by atoms with Crippen molar-refractivity contribution in [1.29, 1.82) is 0 Å². The minimum atomic E-state index is 0.802. The lowest BCUT2D eigenvalue weighted by atomic mass is 10.1. The molecule has 0 unspecified atom stereocenters. The largest absolute Gasteiger partial charge is 0.428 e. The third-order valence-electron chi connectivity index (χ3n) is 1.85. The van der Waals surface area contributed by atoms with Gasteiger partial charge in [-0.2, -0.15) is 0 Å². The van der Waals surface area contributed by atoms with Crippen molar-refractivity contribution in [3.8, 4) is 5.75 Å². The van der Waals surface area contributed by atoms with Crippen LogP contribution in [0.25, 0.3) is 10.8 Å². The highest BCUT2D eigenvalue weighted by atomic mass is 32.1. The van der Waals surface area contributed by atoms with Crippen LogP contribution in [0.1, 0.15) is 0 Å².